The smallest absolute Gasteiger partial charge is 0.338 e. The van der Waals surface area contributed by atoms with E-state index in [-0.39, 0.29) is 12.0 Å². The third kappa shape index (κ3) is 5.01. The molecule has 0 saturated carbocycles. The quantitative estimate of drug-likeness (QED) is 0.534. The molecule has 0 bridgehead atoms. The summed E-state index contributed by atoms with van der Waals surface area (Å²) >= 11 is 1.53. The Labute approximate surface area is 179 Å². The van der Waals surface area contributed by atoms with Crippen LogP contribution in [0.4, 0.5) is 10.6 Å². The molecule has 0 aliphatic rings. The number of carbonyl (C=O) groups is 2. The molecule has 7 nitrogen and oxygen atoms in total. The van der Waals surface area contributed by atoms with Crippen LogP contribution in [0.15, 0.2) is 41.9 Å². The number of ether oxygens (including phenoxy) is 1. The monoisotopic (exact) mass is 424 g/mol. The molecule has 0 unspecified atom stereocenters. The second-order valence-electron chi connectivity index (χ2n) is 6.40. The highest BCUT2D eigenvalue weighted by atomic mass is 32.1. The Morgan fingerprint density at radius 2 is 1.97 bits per heavy atom. The number of amides is 2. The van der Waals surface area contributed by atoms with E-state index in [0.717, 1.165) is 33.8 Å². The SMILES string of the molecule is CCNC(=O)Nc1cc(-c2nc(CC)cs2)c(-c2cccc(C(=O)OCC)c2)cn1. The lowest BCUT2D eigenvalue weighted by Crippen LogP contribution is -2.28. The molecular formula is C22H24N4O3S. The van der Waals surface area contributed by atoms with E-state index in [9.17, 15) is 9.59 Å². The maximum absolute atomic E-state index is 12.2. The summed E-state index contributed by atoms with van der Waals surface area (Å²) in [5.74, 6) is 0.0559. The predicted molar refractivity (Wildman–Crippen MR) is 119 cm³/mol. The van der Waals surface area contributed by atoms with Crippen molar-refractivity contribution in [2.75, 3.05) is 18.5 Å². The lowest BCUT2D eigenvalue weighted by molar-refractivity contribution is 0.0526. The van der Waals surface area contributed by atoms with Gasteiger partial charge in [0.15, 0.2) is 0 Å². The van der Waals surface area contributed by atoms with E-state index in [4.69, 9.17) is 9.72 Å². The molecule has 156 valence electrons. The van der Waals surface area contributed by atoms with Gasteiger partial charge in [-0.2, -0.15) is 0 Å². The number of anilines is 1. The van der Waals surface area contributed by atoms with Crippen molar-refractivity contribution in [3.05, 3.63) is 53.2 Å². The van der Waals surface area contributed by atoms with Gasteiger partial charge in [0, 0.05) is 29.2 Å². The Bertz CT molecular complexity index is 1050. The largest absolute Gasteiger partial charge is 0.462 e. The van der Waals surface area contributed by atoms with Gasteiger partial charge in [-0.25, -0.2) is 19.6 Å². The molecule has 0 aliphatic carbocycles. The van der Waals surface area contributed by atoms with Crippen LogP contribution in [0.5, 0.6) is 0 Å². The average Bonchev–Trinajstić information content (AvgIpc) is 3.23. The van der Waals surface area contributed by atoms with Gasteiger partial charge in [-0.15, -0.1) is 11.3 Å². The molecule has 1 aromatic carbocycles. The standard InChI is InChI=1S/C22H24N4O3S/c1-4-16-13-30-20(25-16)17-11-19(26-22(28)23-5-2)24-12-18(17)14-8-7-9-15(10-14)21(27)29-6-3/h7-13H,4-6H2,1-3H3,(H2,23,24,26,28). The van der Waals surface area contributed by atoms with Crippen LogP contribution in [0.3, 0.4) is 0 Å². The first-order chi connectivity index (χ1) is 14.5. The molecule has 8 heteroatoms. The van der Waals surface area contributed by atoms with Crippen molar-refractivity contribution in [1.82, 2.24) is 15.3 Å². The predicted octanol–water partition coefficient (Wildman–Crippen LogP) is 4.75. The Morgan fingerprint density at radius 1 is 1.13 bits per heavy atom. The molecule has 0 aliphatic heterocycles. The van der Waals surface area contributed by atoms with Crippen LogP contribution in [0.2, 0.25) is 0 Å². The number of aromatic nitrogens is 2. The summed E-state index contributed by atoms with van der Waals surface area (Å²) in [6, 6.07) is 8.71. The fraction of sp³-hybridized carbons (Fsp3) is 0.273. The molecule has 2 aromatic heterocycles. The van der Waals surface area contributed by atoms with Gasteiger partial charge in [-0.1, -0.05) is 19.1 Å². The summed E-state index contributed by atoms with van der Waals surface area (Å²) in [4.78, 5) is 33.2. The van der Waals surface area contributed by atoms with Crippen molar-refractivity contribution in [3.63, 3.8) is 0 Å². The summed E-state index contributed by atoms with van der Waals surface area (Å²) in [5.41, 5.74) is 3.94. The average molecular weight is 425 g/mol. The van der Waals surface area contributed by atoms with Gasteiger partial charge in [-0.05, 0) is 44.0 Å². The molecule has 2 amide bonds. The molecule has 0 fully saturated rings. The lowest BCUT2D eigenvalue weighted by Gasteiger charge is -2.12. The number of carbonyl (C=O) groups excluding carboxylic acids is 2. The van der Waals surface area contributed by atoms with E-state index in [1.807, 2.05) is 24.4 Å². The van der Waals surface area contributed by atoms with Crippen LogP contribution in [-0.4, -0.2) is 35.1 Å². The zero-order valence-electron chi connectivity index (χ0n) is 17.2. The first-order valence-electron chi connectivity index (χ1n) is 9.82. The van der Waals surface area contributed by atoms with E-state index in [0.29, 0.717) is 24.5 Å². The molecule has 3 rings (SSSR count). The van der Waals surface area contributed by atoms with E-state index < -0.39 is 0 Å². The zero-order chi connectivity index (χ0) is 21.5. The van der Waals surface area contributed by atoms with E-state index in [2.05, 4.69) is 22.5 Å². The number of nitrogens with zero attached hydrogens (tertiary/aromatic N) is 2. The molecule has 0 atom stereocenters. The lowest BCUT2D eigenvalue weighted by atomic mass is 10.00. The first-order valence-corrected chi connectivity index (χ1v) is 10.7. The summed E-state index contributed by atoms with van der Waals surface area (Å²) in [6.07, 6.45) is 2.52. The number of benzene rings is 1. The number of aryl methyl sites for hydroxylation is 1. The third-order valence-electron chi connectivity index (χ3n) is 4.31. The number of hydrogen-bond acceptors (Lipinski definition) is 6. The van der Waals surface area contributed by atoms with Gasteiger partial charge in [0.1, 0.15) is 10.8 Å². The Balaban J connectivity index is 2.06. The summed E-state index contributed by atoms with van der Waals surface area (Å²) in [5, 5.41) is 8.27. The Morgan fingerprint density at radius 3 is 2.67 bits per heavy atom. The number of rotatable bonds is 7. The number of pyridine rings is 1. The molecule has 0 spiro atoms. The van der Waals surface area contributed by atoms with Crippen LogP contribution < -0.4 is 10.6 Å². The normalized spacial score (nSPS) is 10.5. The van der Waals surface area contributed by atoms with Crippen LogP contribution in [0, 0.1) is 0 Å². The minimum absolute atomic E-state index is 0.314. The topological polar surface area (TPSA) is 93.2 Å². The fourth-order valence-corrected chi connectivity index (χ4v) is 3.81. The summed E-state index contributed by atoms with van der Waals surface area (Å²) < 4.78 is 5.12. The molecule has 2 heterocycles. The van der Waals surface area contributed by atoms with E-state index in [1.54, 1.807) is 31.3 Å². The highest BCUT2D eigenvalue weighted by Crippen LogP contribution is 2.35. The highest BCUT2D eigenvalue weighted by Gasteiger charge is 2.16. The Kier molecular flexibility index (Phi) is 7.13. The summed E-state index contributed by atoms with van der Waals surface area (Å²) in [6.45, 7) is 6.51. The number of esters is 1. The maximum atomic E-state index is 12.2. The van der Waals surface area contributed by atoms with Crippen molar-refractivity contribution in [1.29, 1.82) is 0 Å². The van der Waals surface area contributed by atoms with Crippen molar-refractivity contribution < 1.29 is 14.3 Å². The molecular weight excluding hydrogens is 400 g/mol. The van der Waals surface area contributed by atoms with Gasteiger partial charge < -0.3 is 10.1 Å². The number of nitrogens with one attached hydrogen (secondary N) is 2. The van der Waals surface area contributed by atoms with Crippen molar-refractivity contribution in [3.8, 4) is 21.7 Å². The van der Waals surface area contributed by atoms with Crippen molar-refractivity contribution >= 4 is 29.2 Å². The second kappa shape index (κ2) is 9.98. The molecule has 30 heavy (non-hydrogen) atoms. The number of thiazole rings is 1. The second-order valence-corrected chi connectivity index (χ2v) is 7.26. The number of urea groups is 1. The van der Waals surface area contributed by atoms with Gasteiger partial charge in [-0.3, -0.25) is 5.32 Å². The van der Waals surface area contributed by atoms with E-state index in [1.165, 1.54) is 11.3 Å². The minimum atomic E-state index is -0.370. The van der Waals surface area contributed by atoms with Crippen molar-refractivity contribution in [2.24, 2.45) is 0 Å². The zero-order valence-corrected chi connectivity index (χ0v) is 18.0. The molecule has 0 saturated heterocycles. The van der Waals surface area contributed by atoms with Gasteiger partial charge >= 0.3 is 12.0 Å². The first kappa shape index (κ1) is 21.4. The summed E-state index contributed by atoms with van der Waals surface area (Å²) in [7, 11) is 0. The third-order valence-corrected chi connectivity index (χ3v) is 5.24. The fourth-order valence-electron chi connectivity index (χ4n) is 2.87. The number of hydrogen-bond donors (Lipinski definition) is 2. The van der Waals surface area contributed by atoms with Crippen LogP contribution in [0.1, 0.15) is 36.8 Å². The minimum Gasteiger partial charge on any atom is -0.462 e. The van der Waals surface area contributed by atoms with Gasteiger partial charge in [0.25, 0.3) is 0 Å². The molecule has 0 radical (unpaired) electrons. The molecule has 3 aromatic rings. The van der Waals surface area contributed by atoms with Gasteiger partial charge in [0.2, 0.25) is 0 Å². The Hall–Kier alpha value is -3.26. The van der Waals surface area contributed by atoms with E-state index >= 15 is 0 Å². The van der Waals surface area contributed by atoms with Crippen molar-refractivity contribution in [2.45, 2.75) is 27.2 Å². The maximum Gasteiger partial charge on any atom is 0.338 e. The highest BCUT2D eigenvalue weighted by molar-refractivity contribution is 7.13. The van der Waals surface area contributed by atoms with Gasteiger partial charge in [0.05, 0.1) is 17.9 Å². The van der Waals surface area contributed by atoms with Crippen LogP contribution in [0.25, 0.3) is 21.7 Å². The van der Waals surface area contributed by atoms with Crippen LogP contribution in [-0.2, 0) is 11.2 Å². The molecule has 2 N–H and O–H groups in total. The van der Waals surface area contributed by atoms with Crippen LogP contribution >= 0.6 is 11.3 Å².